The number of rotatable bonds is 3. The highest BCUT2D eigenvalue weighted by atomic mass is 16.2. The minimum atomic E-state index is -0.119. The van der Waals surface area contributed by atoms with Gasteiger partial charge in [0.15, 0.2) is 0 Å². The molecular weight excluding hydrogens is 206 g/mol. The Balaban J connectivity index is 1.90. The molecule has 0 saturated carbocycles. The first kappa shape index (κ1) is 11.4. The van der Waals surface area contributed by atoms with Crippen LogP contribution in [-0.4, -0.2) is 49.4 Å². The van der Waals surface area contributed by atoms with Gasteiger partial charge in [0.05, 0.1) is 12.5 Å². The molecule has 2 fully saturated rings. The number of carbonyl (C=O) groups is 2. The summed E-state index contributed by atoms with van der Waals surface area (Å²) in [6.45, 7) is 0.156. The molecule has 3 unspecified atom stereocenters. The molecule has 0 aromatic carbocycles. The first-order chi connectivity index (χ1) is 7.61. The van der Waals surface area contributed by atoms with Crippen LogP contribution in [0, 0.1) is 5.92 Å². The van der Waals surface area contributed by atoms with Crippen LogP contribution in [0.2, 0.25) is 0 Å². The second-order valence-electron chi connectivity index (χ2n) is 4.76. The number of amides is 2. The Labute approximate surface area is 95.6 Å². The summed E-state index contributed by atoms with van der Waals surface area (Å²) in [6.07, 6.45) is 3.21. The molecule has 2 rings (SSSR count). The molecular formula is C11H19N3O2. The van der Waals surface area contributed by atoms with E-state index in [1.54, 1.807) is 14.1 Å². The molecule has 0 aliphatic carbocycles. The molecule has 0 aromatic heterocycles. The maximum atomic E-state index is 12.1. The van der Waals surface area contributed by atoms with Crippen molar-refractivity contribution in [3.8, 4) is 0 Å². The van der Waals surface area contributed by atoms with Gasteiger partial charge in [-0.15, -0.1) is 0 Å². The van der Waals surface area contributed by atoms with Crippen LogP contribution in [0.1, 0.15) is 19.3 Å². The molecule has 2 aliphatic heterocycles. The number of hydrogen-bond donors (Lipinski definition) is 2. The van der Waals surface area contributed by atoms with Gasteiger partial charge in [-0.05, 0) is 19.3 Å². The summed E-state index contributed by atoms with van der Waals surface area (Å²) in [5.41, 5.74) is 0. The summed E-state index contributed by atoms with van der Waals surface area (Å²) in [5, 5.41) is 5.96. The molecule has 2 bridgehead atoms. The molecule has 90 valence electrons. The average molecular weight is 225 g/mol. The lowest BCUT2D eigenvalue weighted by molar-refractivity contribution is -0.138. The molecule has 16 heavy (non-hydrogen) atoms. The van der Waals surface area contributed by atoms with Gasteiger partial charge in [-0.1, -0.05) is 0 Å². The van der Waals surface area contributed by atoms with E-state index in [1.165, 1.54) is 11.3 Å². The fraction of sp³-hybridized carbons (Fsp3) is 0.818. The van der Waals surface area contributed by atoms with Gasteiger partial charge in [0.25, 0.3) is 0 Å². The highest BCUT2D eigenvalue weighted by molar-refractivity contribution is 5.86. The van der Waals surface area contributed by atoms with Crippen molar-refractivity contribution >= 4 is 11.8 Å². The number of likely N-dealkylation sites (N-methyl/N-ethyl adjacent to an activating group) is 2. The van der Waals surface area contributed by atoms with Crippen LogP contribution in [0.15, 0.2) is 0 Å². The second kappa shape index (κ2) is 4.41. The van der Waals surface area contributed by atoms with E-state index in [9.17, 15) is 9.59 Å². The molecule has 0 aromatic rings. The third kappa shape index (κ3) is 2.04. The van der Waals surface area contributed by atoms with E-state index < -0.39 is 0 Å². The third-order valence-corrected chi connectivity index (χ3v) is 3.65. The van der Waals surface area contributed by atoms with E-state index in [0.29, 0.717) is 12.1 Å². The van der Waals surface area contributed by atoms with Crippen molar-refractivity contribution in [2.75, 3.05) is 20.6 Å². The Morgan fingerprint density at radius 1 is 1.44 bits per heavy atom. The Morgan fingerprint density at radius 3 is 2.69 bits per heavy atom. The zero-order valence-corrected chi connectivity index (χ0v) is 9.82. The number of nitrogens with zero attached hydrogens (tertiary/aromatic N) is 1. The van der Waals surface area contributed by atoms with Crippen molar-refractivity contribution in [2.24, 2.45) is 5.92 Å². The van der Waals surface area contributed by atoms with E-state index in [2.05, 4.69) is 10.6 Å². The molecule has 0 radical (unpaired) electrons. The fourth-order valence-electron chi connectivity index (χ4n) is 2.75. The van der Waals surface area contributed by atoms with E-state index in [4.69, 9.17) is 0 Å². The molecule has 2 amide bonds. The van der Waals surface area contributed by atoms with Crippen LogP contribution in [0.25, 0.3) is 0 Å². The maximum absolute atomic E-state index is 12.1. The van der Waals surface area contributed by atoms with Gasteiger partial charge in [0, 0.05) is 26.2 Å². The molecule has 2 heterocycles. The molecule has 3 atom stereocenters. The summed E-state index contributed by atoms with van der Waals surface area (Å²) in [4.78, 5) is 24.8. The van der Waals surface area contributed by atoms with E-state index in [0.717, 1.165) is 12.8 Å². The quantitative estimate of drug-likeness (QED) is 0.670. The van der Waals surface area contributed by atoms with Gasteiger partial charge in [0.2, 0.25) is 11.8 Å². The van der Waals surface area contributed by atoms with Crippen molar-refractivity contribution in [3.05, 3.63) is 0 Å². The number of hydrogen-bond acceptors (Lipinski definition) is 3. The van der Waals surface area contributed by atoms with Gasteiger partial charge in [-0.2, -0.15) is 0 Å². The molecule has 2 N–H and O–H groups in total. The molecule has 0 spiro atoms. The lowest BCUT2D eigenvalue weighted by atomic mass is 9.88. The van der Waals surface area contributed by atoms with Crippen LogP contribution >= 0.6 is 0 Å². The van der Waals surface area contributed by atoms with Gasteiger partial charge < -0.3 is 15.5 Å². The zero-order valence-electron chi connectivity index (χ0n) is 9.82. The van der Waals surface area contributed by atoms with Crippen molar-refractivity contribution in [1.82, 2.24) is 15.5 Å². The van der Waals surface area contributed by atoms with Crippen LogP contribution in [0.5, 0.6) is 0 Å². The number of fused-ring (bicyclic) bond motifs is 2. The number of nitrogens with one attached hydrogen (secondary N) is 2. The normalized spacial score (nSPS) is 31.5. The predicted octanol–water partition coefficient (Wildman–Crippen LogP) is -0.669. The summed E-state index contributed by atoms with van der Waals surface area (Å²) in [6, 6.07) is 0.858. The SMILES string of the molecule is CNC(=O)CN(C)C(=O)C1CC2CCC1N2. The minimum Gasteiger partial charge on any atom is -0.358 e. The zero-order chi connectivity index (χ0) is 11.7. The van der Waals surface area contributed by atoms with Crippen LogP contribution in [0.4, 0.5) is 0 Å². The van der Waals surface area contributed by atoms with Gasteiger partial charge in [-0.3, -0.25) is 9.59 Å². The Kier molecular flexibility index (Phi) is 3.14. The first-order valence-electron chi connectivity index (χ1n) is 5.83. The van der Waals surface area contributed by atoms with Crippen LogP contribution in [-0.2, 0) is 9.59 Å². The van der Waals surface area contributed by atoms with Crippen LogP contribution in [0.3, 0.4) is 0 Å². The summed E-state index contributed by atoms with van der Waals surface area (Å²) >= 11 is 0. The highest BCUT2D eigenvalue weighted by Gasteiger charge is 2.43. The Hall–Kier alpha value is -1.10. The monoisotopic (exact) mass is 225 g/mol. The van der Waals surface area contributed by atoms with E-state index in [-0.39, 0.29) is 24.3 Å². The van der Waals surface area contributed by atoms with Crippen LogP contribution < -0.4 is 10.6 Å². The summed E-state index contributed by atoms with van der Waals surface area (Å²) in [5.74, 6) is 0.0590. The molecule has 5 heteroatoms. The third-order valence-electron chi connectivity index (χ3n) is 3.65. The van der Waals surface area contributed by atoms with Crippen molar-refractivity contribution in [3.63, 3.8) is 0 Å². The fourth-order valence-corrected chi connectivity index (χ4v) is 2.75. The lowest BCUT2D eigenvalue weighted by Crippen LogP contribution is -2.43. The van der Waals surface area contributed by atoms with Crippen molar-refractivity contribution in [2.45, 2.75) is 31.3 Å². The van der Waals surface area contributed by atoms with E-state index in [1.807, 2.05) is 0 Å². The summed E-state index contributed by atoms with van der Waals surface area (Å²) in [7, 11) is 3.28. The Morgan fingerprint density at radius 2 is 2.19 bits per heavy atom. The van der Waals surface area contributed by atoms with E-state index >= 15 is 0 Å². The van der Waals surface area contributed by atoms with Crippen molar-refractivity contribution in [1.29, 1.82) is 0 Å². The van der Waals surface area contributed by atoms with Gasteiger partial charge in [-0.25, -0.2) is 0 Å². The standard InChI is InChI=1S/C11H19N3O2/c1-12-10(15)6-14(2)11(16)8-5-7-3-4-9(8)13-7/h7-9,13H,3-6H2,1-2H3,(H,12,15). The lowest BCUT2D eigenvalue weighted by Gasteiger charge is -2.25. The van der Waals surface area contributed by atoms with Gasteiger partial charge in [0.1, 0.15) is 0 Å². The minimum absolute atomic E-state index is 0.0772. The highest BCUT2D eigenvalue weighted by Crippen LogP contribution is 2.34. The second-order valence-corrected chi connectivity index (χ2v) is 4.76. The first-order valence-corrected chi connectivity index (χ1v) is 5.83. The van der Waals surface area contributed by atoms with Gasteiger partial charge >= 0.3 is 0 Å². The topological polar surface area (TPSA) is 61.4 Å². The summed E-state index contributed by atoms with van der Waals surface area (Å²) < 4.78 is 0. The smallest absolute Gasteiger partial charge is 0.239 e. The molecule has 2 saturated heterocycles. The number of carbonyl (C=O) groups excluding carboxylic acids is 2. The molecule has 2 aliphatic rings. The van der Waals surface area contributed by atoms with Crippen molar-refractivity contribution < 1.29 is 9.59 Å². The average Bonchev–Trinajstić information content (AvgIpc) is 2.89. The Bertz CT molecular complexity index is 306. The molecule has 5 nitrogen and oxygen atoms in total. The maximum Gasteiger partial charge on any atom is 0.239 e. The largest absolute Gasteiger partial charge is 0.358 e. The predicted molar refractivity (Wildman–Crippen MR) is 59.8 cm³/mol.